The lowest BCUT2D eigenvalue weighted by Gasteiger charge is -2.17. The van der Waals surface area contributed by atoms with Gasteiger partial charge in [0.05, 0.1) is 19.8 Å². The zero-order valence-electron chi connectivity index (χ0n) is 22.4. The summed E-state index contributed by atoms with van der Waals surface area (Å²) in [5.74, 6) is 1.40. The van der Waals surface area contributed by atoms with Gasteiger partial charge in [0.25, 0.3) is 5.91 Å². The monoisotopic (exact) mass is 555 g/mol. The van der Waals surface area contributed by atoms with E-state index in [1.807, 2.05) is 81.4 Å². The number of hydrogen-bond donors (Lipinski definition) is 2. The summed E-state index contributed by atoms with van der Waals surface area (Å²) in [6.07, 6.45) is 0. The molecule has 0 atom stereocenters. The van der Waals surface area contributed by atoms with Crippen LogP contribution in [-0.4, -0.2) is 35.8 Å². The summed E-state index contributed by atoms with van der Waals surface area (Å²) in [5, 5.41) is 8.06. The fourth-order valence-corrected chi connectivity index (χ4v) is 4.58. The number of benzene rings is 4. The van der Waals surface area contributed by atoms with Crippen molar-refractivity contribution in [1.82, 2.24) is 10.3 Å². The standard InChI is InChI=1S/C31H29N3O5S/c1-4-36-25-17-21(18-26(37-5-2)28(25)38-6-3)29(35)34-31(40)32-22-12-9-11-20(16-22)30-33-27-23-13-8-7-10-19(23)14-15-24(27)39-30/h7-18H,4-6H2,1-3H3,(H2,32,34,35,40). The molecule has 0 fully saturated rings. The lowest BCUT2D eigenvalue weighted by molar-refractivity contribution is 0.0976. The molecule has 0 aliphatic heterocycles. The Hall–Kier alpha value is -4.63. The number of carbonyl (C=O) groups excluding carboxylic acids is 1. The van der Waals surface area contributed by atoms with Crippen LogP contribution in [0.15, 0.2) is 77.2 Å². The van der Waals surface area contributed by atoms with Gasteiger partial charge in [0.2, 0.25) is 11.6 Å². The molecule has 0 radical (unpaired) electrons. The van der Waals surface area contributed by atoms with Crippen LogP contribution in [0.5, 0.6) is 17.2 Å². The molecule has 0 spiro atoms. The quantitative estimate of drug-likeness (QED) is 0.188. The highest BCUT2D eigenvalue weighted by Gasteiger charge is 2.19. The van der Waals surface area contributed by atoms with E-state index in [0.29, 0.717) is 59.8 Å². The van der Waals surface area contributed by atoms with E-state index in [-0.39, 0.29) is 5.11 Å². The van der Waals surface area contributed by atoms with Crippen LogP contribution in [0.3, 0.4) is 0 Å². The van der Waals surface area contributed by atoms with Gasteiger partial charge in [-0.1, -0.05) is 36.4 Å². The lowest BCUT2D eigenvalue weighted by atomic mass is 10.1. The normalized spacial score (nSPS) is 10.9. The fraction of sp³-hybridized carbons (Fsp3) is 0.194. The second-order valence-corrected chi connectivity index (χ2v) is 9.15. The predicted octanol–water partition coefficient (Wildman–Crippen LogP) is 6.97. The molecule has 204 valence electrons. The molecule has 0 bridgehead atoms. The van der Waals surface area contributed by atoms with Gasteiger partial charge in [-0.15, -0.1) is 0 Å². The molecule has 0 aliphatic rings. The van der Waals surface area contributed by atoms with Gasteiger partial charge in [-0.3, -0.25) is 10.1 Å². The molecule has 5 rings (SSSR count). The number of thiocarbonyl (C=S) groups is 1. The van der Waals surface area contributed by atoms with E-state index in [0.717, 1.165) is 21.9 Å². The summed E-state index contributed by atoms with van der Waals surface area (Å²) < 4.78 is 23.2. The van der Waals surface area contributed by atoms with E-state index in [1.165, 1.54) is 0 Å². The summed E-state index contributed by atoms with van der Waals surface area (Å²) in [6.45, 7) is 6.83. The number of ether oxygens (including phenoxy) is 3. The van der Waals surface area contributed by atoms with Gasteiger partial charge in [-0.05, 0) is 74.8 Å². The third kappa shape index (κ3) is 5.69. The van der Waals surface area contributed by atoms with Gasteiger partial charge in [0.15, 0.2) is 22.2 Å². The summed E-state index contributed by atoms with van der Waals surface area (Å²) in [4.78, 5) is 17.9. The summed E-state index contributed by atoms with van der Waals surface area (Å²) in [6, 6.07) is 22.7. The highest BCUT2D eigenvalue weighted by Crippen LogP contribution is 2.39. The molecule has 0 saturated carbocycles. The number of fused-ring (bicyclic) bond motifs is 3. The number of amides is 1. The average Bonchev–Trinajstić information content (AvgIpc) is 3.40. The predicted molar refractivity (Wildman–Crippen MR) is 161 cm³/mol. The molecule has 1 amide bonds. The number of nitrogens with zero attached hydrogens (tertiary/aromatic N) is 1. The first kappa shape index (κ1) is 27.0. The minimum absolute atomic E-state index is 0.135. The molecular formula is C31H29N3O5S. The van der Waals surface area contributed by atoms with Crippen molar-refractivity contribution in [2.75, 3.05) is 25.1 Å². The van der Waals surface area contributed by atoms with Crippen molar-refractivity contribution < 1.29 is 23.4 Å². The van der Waals surface area contributed by atoms with Gasteiger partial charge in [-0.2, -0.15) is 0 Å². The zero-order chi connectivity index (χ0) is 28.1. The van der Waals surface area contributed by atoms with Crippen molar-refractivity contribution in [3.63, 3.8) is 0 Å². The van der Waals surface area contributed by atoms with Gasteiger partial charge in [0.1, 0.15) is 5.52 Å². The molecule has 1 heterocycles. The first-order valence-corrected chi connectivity index (χ1v) is 13.5. The third-order valence-electron chi connectivity index (χ3n) is 6.05. The topological polar surface area (TPSA) is 94.9 Å². The van der Waals surface area contributed by atoms with Crippen molar-refractivity contribution in [1.29, 1.82) is 0 Å². The smallest absolute Gasteiger partial charge is 0.257 e. The second kappa shape index (κ2) is 12.0. The summed E-state index contributed by atoms with van der Waals surface area (Å²) >= 11 is 5.44. The average molecular weight is 556 g/mol. The third-order valence-corrected chi connectivity index (χ3v) is 6.25. The van der Waals surface area contributed by atoms with Crippen LogP contribution in [-0.2, 0) is 0 Å². The summed E-state index contributed by atoms with van der Waals surface area (Å²) in [5.41, 5.74) is 3.29. The number of aromatic nitrogens is 1. The van der Waals surface area contributed by atoms with Crippen LogP contribution in [0.4, 0.5) is 5.69 Å². The van der Waals surface area contributed by atoms with Crippen LogP contribution in [0.2, 0.25) is 0 Å². The summed E-state index contributed by atoms with van der Waals surface area (Å²) in [7, 11) is 0. The maximum atomic E-state index is 13.1. The largest absolute Gasteiger partial charge is 0.490 e. The second-order valence-electron chi connectivity index (χ2n) is 8.74. The van der Waals surface area contributed by atoms with Gasteiger partial charge in [0, 0.05) is 22.2 Å². The van der Waals surface area contributed by atoms with Gasteiger partial charge in [-0.25, -0.2) is 4.98 Å². The Kier molecular flexibility index (Phi) is 8.12. The maximum Gasteiger partial charge on any atom is 0.257 e. The Labute approximate surface area is 237 Å². The van der Waals surface area contributed by atoms with Crippen molar-refractivity contribution in [3.05, 3.63) is 78.4 Å². The van der Waals surface area contributed by atoms with Gasteiger partial charge >= 0.3 is 0 Å². The highest BCUT2D eigenvalue weighted by atomic mass is 32.1. The molecule has 0 saturated heterocycles. The van der Waals surface area contributed by atoms with E-state index >= 15 is 0 Å². The van der Waals surface area contributed by atoms with Crippen LogP contribution in [0.1, 0.15) is 31.1 Å². The first-order chi connectivity index (χ1) is 19.5. The number of rotatable bonds is 9. The van der Waals surface area contributed by atoms with Crippen molar-refractivity contribution in [2.24, 2.45) is 0 Å². The van der Waals surface area contributed by atoms with E-state index in [4.69, 9.17) is 35.8 Å². The van der Waals surface area contributed by atoms with Crippen molar-refractivity contribution in [3.8, 4) is 28.7 Å². The molecule has 4 aromatic carbocycles. The molecule has 0 aliphatic carbocycles. The number of carbonyl (C=O) groups is 1. The SMILES string of the molecule is CCOc1cc(C(=O)NC(=S)Nc2cccc(-c3nc4c(ccc5ccccc54)o3)c2)cc(OCC)c1OCC. The molecule has 2 N–H and O–H groups in total. The number of nitrogens with one attached hydrogen (secondary N) is 2. The van der Waals surface area contributed by atoms with E-state index in [2.05, 4.69) is 10.6 Å². The van der Waals surface area contributed by atoms with Crippen LogP contribution in [0.25, 0.3) is 33.3 Å². The maximum absolute atomic E-state index is 13.1. The number of hydrogen-bond acceptors (Lipinski definition) is 7. The van der Waals surface area contributed by atoms with E-state index < -0.39 is 5.91 Å². The van der Waals surface area contributed by atoms with E-state index in [1.54, 1.807) is 12.1 Å². The Morgan fingerprint density at radius 1 is 0.875 bits per heavy atom. The van der Waals surface area contributed by atoms with Crippen molar-refractivity contribution >= 4 is 50.8 Å². The minimum atomic E-state index is -0.413. The number of oxazole rings is 1. The lowest BCUT2D eigenvalue weighted by Crippen LogP contribution is -2.34. The molecule has 40 heavy (non-hydrogen) atoms. The molecule has 9 heteroatoms. The van der Waals surface area contributed by atoms with Crippen LogP contribution < -0.4 is 24.8 Å². The minimum Gasteiger partial charge on any atom is -0.490 e. The molecule has 1 aromatic heterocycles. The highest BCUT2D eigenvalue weighted by molar-refractivity contribution is 7.80. The molecule has 0 unspecified atom stereocenters. The Morgan fingerprint density at radius 2 is 1.60 bits per heavy atom. The first-order valence-electron chi connectivity index (χ1n) is 13.1. The molecule has 8 nitrogen and oxygen atoms in total. The zero-order valence-corrected chi connectivity index (χ0v) is 23.3. The Bertz CT molecular complexity index is 1670. The van der Waals surface area contributed by atoms with Crippen LogP contribution >= 0.6 is 12.2 Å². The van der Waals surface area contributed by atoms with Gasteiger partial charge < -0.3 is 23.9 Å². The number of anilines is 1. The van der Waals surface area contributed by atoms with Crippen LogP contribution in [0, 0.1) is 0 Å². The van der Waals surface area contributed by atoms with Crippen molar-refractivity contribution in [2.45, 2.75) is 20.8 Å². The Morgan fingerprint density at radius 3 is 2.33 bits per heavy atom. The fourth-order valence-electron chi connectivity index (χ4n) is 4.37. The molecule has 5 aromatic rings. The molecular weight excluding hydrogens is 526 g/mol. The van der Waals surface area contributed by atoms with E-state index in [9.17, 15) is 4.79 Å². The Balaban J connectivity index is 1.34.